The molecule has 0 unspecified atom stereocenters. The maximum absolute atomic E-state index is 12.0. The summed E-state index contributed by atoms with van der Waals surface area (Å²) in [6, 6.07) is 13.4. The molecule has 110 valence electrons. The standard InChI is InChI=1S/C17H15N3O2/c1-11-8-9-13-15(20-12-6-4-3-5-7-12)14(17(21)22-2)10-18-16(13)19-11/h3-10H,1-2H3,(H,18,19,20). The van der Waals surface area contributed by atoms with Gasteiger partial charge in [-0.05, 0) is 31.2 Å². The molecule has 1 aromatic carbocycles. The van der Waals surface area contributed by atoms with Crippen LogP contribution in [0.5, 0.6) is 0 Å². The van der Waals surface area contributed by atoms with Gasteiger partial charge in [0.1, 0.15) is 5.56 Å². The molecule has 0 aliphatic carbocycles. The lowest BCUT2D eigenvalue weighted by Gasteiger charge is -2.13. The first-order valence-electron chi connectivity index (χ1n) is 6.86. The summed E-state index contributed by atoms with van der Waals surface area (Å²) in [5, 5.41) is 4.04. The van der Waals surface area contributed by atoms with Crippen molar-refractivity contribution in [2.75, 3.05) is 12.4 Å². The van der Waals surface area contributed by atoms with Crippen molar-refractivity contribution < 1.29 is 9.53 Å². The van der Waals surface area contributed by atoms with Gasteiger partial charge in [-0.1, -0.05) is 18.2 Å². The second-order valence-electron chi connectivity index (χ2n) is 4.85. The molecule has 1 N–H and O–H groups in total. The Bertz CT molecular complexity index is 832. The van der Waals surface area contributed by atoms with Gasteiger partial charge < -0.3 is 10.1 Å². The van der Waals surface area contributed by atoms with Gasteiger partial charge in [0.2, 0.25) is 0 Å². The Morgan fingerprint density at radius 3 is 2.64 bits per heavy atom. The second kappa shape index (κ2) is 5.81. The molecule has 0 saturated carbocycles. The molecule has 5 nitrogen and oxygen atoms in total. The number of ether oxygens (including phenoxy) is 1. The van der Waals surface area contributed by atoms with Crippen LogP contribution in [0.1, 0.15) is 16.1 Å². The number of pyridine rings is 2. The maximum Gasteiger partial charge on any atom is 0.341 e. The molecule has 22 heavy (non-hydrogen) atoms. The highest BCUT2D eigenvalue weighted by Gasteiger charge is 2.16. The Hall–Kier alpha value is -2.95. The summed E-state index contributed by atoms with van der Waals surface area (Å²) in [5.41, 5.74) is 3.36. The van der Waals surface area contributed by atoms with Gasteiger partial charge in [0, 0.05) is 23.0 Å². The zero-order valence-corrected chi connectivity index (χ0v) is 12.3. The number of esters is 1. The lowest BCUT2D eigenvalue weighted by Crippen LogP contribution is -2.07. The van der Waals surface area contributed by atoms with Gasteiger partial charge in [-0.15, -0.1) is 0 Å². The fraction of sp³-hybridized carbons (Fsp3) is 0.118. The highest BCUT2D eigenvalue weighted by Crippen LogP contribution is 2.29. The monoisotopic (exact) mass is 293 g/mol. The molecule has 0 radical (unpaired) electrons. The van der Waals surface area contributed by atoms with Crippen LogP contribution in [0.15, 0.2) is 48.7 Å². The number of methoxy groups -OCH3 is 1. The van der Waals surface area contributed by atoms with Gasteiger partial charge in [-0.2, -0.15) is 0 Å². The predicted octanol–water partition coefficient (Wildman–Crippen LogP) is 3.47. The summed E-state index contributed by atoms with van der Waals surface area (Å²) in [5.74, 6) is -0.437. The highest BCUT2D eigenvalue weighted by molar-refractivity contribution is 6.05. The molecule has 2 heterocycles. The zero-order chi connectivity index (χ0) is 15.5. The van der Waals surface area contributed by atoms with Crippen LogP contribution in [0.3, 0.4) is 0 Å². The topological polar surface area (TPSA) is 64.1 Å². The van der Waals surface area contributed by atoms with E-state index in [1.165, 1.54) is 13.3 Å². The Morgan fingerprint density at radius 1 is 1.14 bits per heavy atom. The highest BCUT2D eigenvalue weighted by atomic mass is 16.5. The molecule has 0 spiro atoms. The van der Waals surface area contributed by atoms with Crippen LogP contribution in [-0.2, 0) is 4.74 Å². The van der Waals surface area contributed by atoms with E-state index in [1.807, 2.05) is 49.4 Å². The van der Waals surface area contributed by atoms with Crippen LogP contribution in [0.25, 0.3) is 11.0 Å². The van der Waals surface area contributed by atoms with Gasteiger partial charge in [-0.3, -0.25) is 0 Å². The fourth-order valence-electron chi connectivity index (χ4n) is 2.24. The van der Waals surface area contributed by atoms with Crippen LogP contribution in [0.2, 0.25) is 0 Å². The van der Waals surface area contributed by atoms with Gasteiger partial charge in [-0.25, -0.2) is 14.8 Å². The minimum atomic E-state index is -0.437. The molecule has 0 aliphatic heterocycles. The van der Waals surface area contributed by atoms with E-state index in [9.17, 15) is 4.79 Å². The number of rotatable bonds is 3. The Morgan fingerprint density at radius 2 is 1.91 bits per heavy atom. The van der Waals surface area contributed by atoms with Crippen molar-refractivity contribution in [1.82, 2.24) is 9.97 Å². The molecule has 0 atom stereocenters. The van der Waals surface area contributed by atoms with E-state index in [-0.39, 0.29) is 0 Å². The van der Waals surface area contributed by atoms with E-state index < -0.39 is 5.97 Å². The van der Waals surface area contributed by atoms with E-state index in [4.69, 9.17) is 4.74 Å². The van der Waals surface area contributed by atoms with Crippen LogP contribution in [-0.4, -0.2) is 23.0 Å². The molecule has 3 aromatic rings. The number of carbonyl (C=O) groups is 1. The predicted molar refractivity (Wildman–Crippen MR) is 85.3 cm³/mol. The van der Waals surface area contributed by atoms with Crippen molar-refractivity contribution in [3.05, 3.63) is 59.9 Å². The summed E-state index contributed by atoms with van der Waals surface area (Å²) in [6.45, 7) is 1.90. The number of fused-ring (bicyclic) bond motifs is 1. The van der Waals surface area contributed by atoms with E-state index in [1.54, 1.807) is 0 Å². The molecule has 3 rings (SSSR count). The molecular formula is C17H15N3O2. The third kappa shape index (κ3) is 2.61. The Kier molecular flexibility index (Phi) is 3.70. The SMILES string of the molecule is COC(=O)c1cnc2nc(C)ccc2c1Nc1ccccc1. The quantitative estimate of drug-likeness (QED) is 0.749. The number of nitrogens with one attached hydrogen (secondary N) is 1. The Balaban J connectivity index is 2.20. The van der Waals surface area contributed by atoms with Crippen molar-refractivity contribution in [2.45, 2.75) is 6.92 Å². The average Bonchev–Trinajstić information content (AvgIpc) is 2.55. The van der Waals surface area contributed by atoms with Crippen molar-refractivity contribution in [3.63, 3.8) is 0 Å². The van der Waals surface area contributed by atoms with E-state index in [0.29, 0.717) is 16.9 Å². The molecular weight excluding hydrogens is 278 g/mol. The number of benzene rings is 1. The third-order valence-corrected chi connectivity index (χ3v) is 3.32. The van der Waals surface area contributed by atoms with Crippen molar-refractivity contribution in [2.24, 2.45) is 0 Å². The normalized spacial score (nSPS) is 10.5. The Labute approximate surface area is 128 Å². The molecule has 0 saturated heterocycles. The molecule has 5 heteroatoms. The number of hydrogen-bond donors (Lipinski definition) is 1. The van der Waals surface area contributed by atoms with Crippen LogP contribution >= 0.6 is 0 Å². The van der Waals surface area contributed by atoms with Gasteiger partial charge in [0.15, 0.2) is 5.65 Å². The molecule has 0 aliphatic rings. The number of nitrogens with zero attached hydrogens (tertiary/aromatic N) is 2. The van der Waals surface area contributed by atoms with Crippen molar-refractivity contribution in [3.8, 4) is 0 Å². The number of aromatic nitrogens is 2. The minimum Gasteiger partial charge on any atom is -0.465 e. The number of carbonyl (C=O) groups excluding carboxylic acids is 1. The van der Waals surface area contributed by atoms with Crippen LogP contribution in [0.4, 0.5) is 11.4 Å². The van der Waals surface area contributed by atoms with Crippen LogP contribution < -0.4 is 5.32 Å². The summed E-state index contributed by atoms with van der Waals surface area (Å²) < 4.78 is 4.85. The second-order valence-corrected chi connectivity index (χ2v) is 4.85. The van der Waals surface area contributed by atoms with Crippen LogP contribution in [0, 0.1) is 6.92 Å². The fourth-order valence-corrected chi connectivity index (χ4v) is 2.24. The van der Waals surface area contributed by atoms with E-state index >= 15 is 0 Å². The lowest BCUT2D eigenvalue weighted by atomic mass is 10.1. The first-order valence-corrected chi connectivity index (χ1v) is 6.86. The van der Waals surface area contributed by atoms with E-state index in [0.717, 1.165) is 16.8 Å². The largest absolute Gasteiger partial charge is 0.465 e. The molecule has 0 bridgehead atoms. The number of aryl methyl sites for hydroxylation is 1. The third-order valence-electron chi connectivity index (χ3n) is 3.32. The summed E-state index contributed by atoms with van der Waals surface area (Å²) >= 11 is 0. The molecule has 0 amide bonds. The first-order chi connectivity index (χ1) is 10.7. The van der Waals surface area contributed by atoms with Gasteiger partial charge in [0.25, 0.3) is 0 Å². The smallest absolute Gasteiger partial charge is 0.341 e. The molecule has 2 aromatic heterocycles. The van der Waals surface area contributed by atoms with Gasteiger partial charge >= 0.3 is 5.97 Å². The lowest BCUT2D eigenvalue weighted by molar-refractivity contribution is 0.0601. The number of anilines is 2. The van der Waals surface area contributed by atoms with E-state index in [2.05, 4.69) is 15.3 Å². The molecule has 0 fully saturated rings. The number of hydrogen-bond acceptors (Lipinski definition) is 5. The summed E-state index contributed by atoms with van der Waals surface area (Å²) in [7, 11) is 1.35. The van der Waals surface area contributed by atoms with Crippen molar-refractivity contribution >= 4 is 28.4 Å². The zero-order valence-electron chi connectivity index (χ0n) is 12.3. The minimum absolute atomic E-state index is 0.379. The summed E-state index contributed by atoms with van der Waals surface area (Å²) in [4.78, 5) is 20.7. The summed E-state index contributed by atoms with van der Waals surface area (Å²) in [6.07, 6.45) is 1.49. The number of para-hydroxylation sites is 1. The van der Waals surface area contributed by atoms with Gasteiger partial charge in [0.05, 0.1) is 12.8 Å². The first kappa shape index (κ1) is 14.0. The average molecular weight is 293 g/mol. The maximum atomic E-state index is 12.0. The van der Waals surface area contributed by atoms with Crippen molar-refractivity contribution in [1.29, 1.82) is 0 Å².